The molecule has 27 heavy (non-hydrogen) atoms. The number of piperidine rings is 1. The van der Waals surface area contributed by atoms with Crippen LogP contribution in [0, 0.1) is 31.1 Å². The number of anilines is 1. The molecule has 4 rings (SSSR count). The van der Waals surface area contributed by atoms with Crippen LogP contribution in [0.25, 0.3) is 5.65 Å². The van der Waals surface area contributed by atoms with Crippen LogP contribution in [0.4, 0.5) is 5.69 Å². The third-order valence-electron chi connectivity index (χ3n) is 5.22. The van der Waals surface area contributed by atoms with Gasteiger partial charge in [-0.2, -0.15) is 5.26 Å². The number of nitriles is 1. The van der Waals surface area contributed by atoms with Crippen LogP contribution in [-0.2, 0) is 0 Å². The van der Waals surface area contributed by atoms with Crippen molar-refractivity contribution in [3.05, 3.63) is 47.5 Å². The quantitative estimate of drug-likeness (QED) is 0.710. The molecule has 138 valence electrons. The second kappa shape index (κ2) is 7.23. The normalized spacial score (nSPS) is 15.1. The molecule has 1 aliphatic heterocycles. The second-order valence-corrected chi connectivity index (χ2v) is 6.98. The monoisotopic (exact) mass is 362 g/mol. The molecule has 1 aliphatic rings. The zero-order valence-electron chi connectivity index (χ0n) is 15.6. The predicted octanol–water partition coefficient (Wildman–Crippen LogP) is 2.91. The molecule has 0 saturated carbocycles. The molecule has 1 fully saturated rings. The summed E-state index contributed by atoms with van der Waals surface area (Å²) in [6.45, 7) is 6.61. The minimum atomic E-state index is 0.454. The average Bonchev–Trinajstić information content (AvgIpc) is 3.00. The van der Waals surface area contributed by atoms with Crippen molar-refractivity contribution in [2.75, 3.05) is 24.6 Å². The van der Waals surface area contributed by atoms with Gasteiger partial charge in [0.05, 0.1) is 29.9 Å². The van der Waals surface area contributed by atoms with Crippen molar-refractivity contribution in [1.29, 1.82) is 5.26 Å². The summed E-state index contributed by atoms with van der Waals surface area (Å²) in [6.07, 6.45) is 3.90. The van der Waals surface area contributed by atoms with Gasteiger partial charge in [-0.05, 0) is 50.8 Å². The fraction of sp³-hybridized carbons (Fsp3) is 0.400. The highest BCUT2D eigenvalue weighted by atomic mass is 16.5. The number of hydrogen-bond acceptors (Lipinski definition) is 6. The lowest BCUT2D eigenvalue weighted by atomic mass is 9.97. The number of hydrogen-bond donors (Lipinski definition) is 0. The Kier molecular flexibility index (Phi) is 4.63. The van der Waals surface area contributed by atoms with E-state index in [1.54, 1.807) is 12.3 Å². The fourth-order valence-corrected chi connectivity index (χ4v) is 3.41. The summed E-state index contributed by atoms with van der Waals surface area (Å²) in [6, 6.07) is 9.63. The van der Waals surface area contributed by atoms with E-state index in [1.165, 1.54) is 0 Å². The molecule has 0 aliphatic carbocycles. The number of pyridine rings is 1. The first-order valence-electron chi connectivity index (χ1n) is 9.21. The molecule has 7 nitrogen and oxygen atoms in total. The molecule has 0 spiro atoms. The SMILES string of the molecule is Cc1nc2ccc(OCC3CCN(c4ccc(C#N)nc4)CC3)nn2c1C. The summed E-state index contributed by atoms with van der Waals surface area (Å²) < 4.78 is 7.80. The van der Waals surface area contributed by atoms with Crippen molar-refractivity contribution in [3.63, 3.8) is 0 Å². The van der Waals surface area contributed by atoms with Gasteiger partial charge in [0.1, 0.15) is 11.8 Å². The van der Waals surface area contributed by atoms with Gasteiger partial charge in [-0.25, -0.2) is 14.5 Å². The van der Waals surface area contributed by atoms with Crippen LogP contribution in [0.15, 0.2) is 30.5 Å². The largest absolute Gasteiger partial charge is 0.476 e. The van der Waals surface area contributed by atoms with E-state index in [0.29, 0.717) is 24.1 Å². The maximum Gasteiger partial charge on any atom is 0.231 e. The lowest BCUT2D eigenvalue weighted by molar-refractivity contribution is 0.213. The topological polar surface area (TPSA) is 79.3 Å². The first-order valence-corrected chi connectivity index (χ1v) is 9.21. The lowest BCUT2D eigenvalue weighted by Gasteiger charge is -2.33. The van der Waals surface area contributed by atoms with Crippen LogP contribution in [0.3, 0.4) is 0 Å². The summed E-state index contributed by atoms with van der Waals surface area (Å²) >= 11 is 0. The summed E-state index contributed by atoms with van der Waals surface area (Å²) in [5.41, 5.74) is 4.41. The summed E-state index contributed by atoms with van der Waals surface area (Å²) in [7, 11) is 0. The molecule has 0 amide bonds. The number of aromatic nitrogens is 4. The van der Waals surface area contributed by atoms with Gasteiger partial charge in [-0.3, -0.25) is 0 Å². The third kappa shape index (κ3) is 3.56. The molecule has 1 saturated heterocycles. The van der Waals surface area contributed by atoms with Gasteiger partial charge in [0.25, 0.3) is 0 Å². The molecule has 0 aromatic carbocycles. The Morgan fingerprint density at radius 2 is 2.00 bits per heavy atom. The van der Waals surface area contributed by atoms with Crippen LogP contribution >= 0.6 is 0 Å². The van der Waals surface area contributed by atoms with E-state index in [1.807, 2.05) is 36.6 Å². The van der Waals surface area contributed by atoms with Gasteiger partial charge in [0.15, 0.2) is 5.65 Å². The highest BCUT2D eigenvalue weighted by Gasteiger charge is 2.20. The van der Waals surface area contributed by atoms with Crippen molar-refractivity contribution in [2.24, 2.45) is 5.92 Å². The van der Waals surface area contributed by atoms with Crippen molar-refractivity contribution < 1.29 is 4.74 Å². The van der Waals surface area contributed by atoms with E-state index in [9.17, 15) is 0 Å². The summed E-state index contributed by atoms with van der Waals surface area (Å²) in [5.74, 6) is 1.15. The number of fused-ring (bicyclic) bond motifs is 1. The van der Waals surface area contributed by atoms with Crippen molar-refractivity contribution in [1.82, 2.24) is 19.6 Å². The third-order valence-corrected chi connectivity index (χ3v) is 5.22. The molecule has 0 bridgehead atoms. The van der Waals surface area contributed by atoms with Gasteiger partial charge >= 0.3 is 0 Å². The lowest BCUT2D eigenvalue weighted by Crippen LogP contribution is -2.35. The first-order chi connectivity index (χ1) is 13.1. The molecule has 0 unspecified atom stereocenters. The van der Waals surface area contributed by atoms with E-state index in [2.05, 4.69) is 26.0 Å². The molecular formula is C20H22N6O. The van der Waals surface area contributed by atoms with Gasteiger partial charge in [-0.15, -0.1) is 5.10 Å². The van der Waals surface area contributed by atoms with Crippen LogP contribution in [0.2, 0.25) is 0 Å². The second-order valence-electron chi connectivity index (χ2n) is 6.98. The minimum Gasteiger partial charge on any atom is -0.476 e. The highest BCUT2D eigenvalue weighted by molar-refractivity contribution is 5.46. The smallest absolute Gasteiger partial charge is 0.231 e. The van der Waals surface area contributed by atoms with Crippen molar-refractivity contribution in [3.8, 4) is 11.9 Å². The van der Waals surface area contributed by atoms with Crippen LogP contribution < -0.4 is 9.64 Å². The Balaban J connectivity index is 1.33. The maximum absolute atomic E-state index is 8.85. The maximum atomic E-state index is 8.85. The molecule has 0 atom stereocenters. The van der Waals surface area contributed by atoms with Gasteiger partial charge < -0.3 is 9.64 Å². The van der Waals surface area contributed by atoms with Crippen LogP contribution in [0.1, 0.15) is 29.9 Å². The number of rotatable bonds is 4. The zero-order valence-corrected chi connectivity index (χ0v) is 15.6. The van der Waals surface area contributed by atoms with E-state index >= 15 is 0 Å². The molecule has 0 N–H and O–H groups in total. The molecule has 3 aromatic heterocycles. The Bertz CT molecular complexity index is 980. The minimum absolute atomic E-state index is 0.454. The van der Waals surface area contributed by atoms with E-state index in [0.717, 1.165) is 48.7 Å². The van der Waals surface area contributed by atoms with Crippen LogP contribution in [0.5, 0.6) is 5.88 Å². The highest BCUT2D eigenvalue weighted by Crippen LogP contribution is 2.23. The average molecular weight is 362 g/mol. The number of aryl methyl sites for hydroxylation is 2. The van der Waals surface area contributed by atoms with E-state index in [-0.39, 0.29) is 0 Å². The molecule has 3 aromatic rings. The first kappa shape index (κ1) is 17.3. The van der Waals surface area contributed by atoms with Gasteiger partial charge in [0, 0.05) is 19.2 Å². The Morgan fingerprint density at radius 1 is 1.19 bits per heavy atom. The Hall–Kier alpha value is -3.14. The zero-order chi connectivity index (χ0) is 18.8. The molecule has 7 heteroatoms. The van der Waals surface area contributed by atoms with Crippen molar-refractivity contribution in [2.45, 2.75) is 26.7 Å². The Morgan fingerprint density at radius 3 is 2.70 bits per heavy atom. The van der Waals surface area contributed by atoms with E-state index in [4.69, 9.17) is 10.00 Å². The summed E-state index contributed by atoms with van der Waals surface area (Å²) in [4.78, 5) is 10.9. The molecular weight excluding hydrogens is 340 g/mol. The number of nitrogens with zero attached hydrogens (tertiary/aromatic N) is 6. The predicted molar refractivity (Wildman–Crippen MR) is 102 cm³/mol. The molecule has 0 radical (unpaired) electrons. The Labute approximate surface area is 158 Å². The molecule has 4 heterocycles. The van der Waals surface area contributed by atoms with Crippen LogP contribution in [-0.4, -0.2) is 39.3 Å². The standard InChI is InChI=1S/C20H22N6O/c1-14-15(2)26-19(23-14)5-6-20(24-26)27-13-16-7-9-25(10-8-16)18-4-3-17(11-21)22-12-18/h3-6,12,16H,7-10,13H2,1-2H3. The van der Waals surface area contributed by atoms with E-state index < -0.39 is 0 Å². The van der Waals surface area contributed by atoms with Crippen molar-refractivity contribution >= 4 is 11.3 Å². The number of imidazole rings is 1. The van der Waals surface area contributed by atoms with Gasteiger partial charge in [-0.1, -0.05) is 0 Å². The van der Waals surface area contributed by atoms with Gasteiger partial charge in [0.2, 0.25) is 5.88 Å². The number of ether oxygens (including phenoxy) is 1. The summed E-state index contributed by atoms with van der Waals surface area (Å²) in [5, 5.41) is 13.4. The fourth-order valence-electron chi connectivity index (χ4n) is 3.41.